The molecule has 0 aromatic carbocycles. The van der Waals surface area contributed by atoms with Gasteiger partial charge < -0.3 is 0 Å². The predicted octanol–water partition coefficient (Wildman–Crippen LogP) is 2.47. The highest BCUT2D eigenvalue weighted by atomic mass is 79.9. The molecule has 2 rings (SSSR count). The molecule has 15 heavy (non-hydrogen) atoms. The van der Waals surface area contributed by atoms with Crippen molar-refractivity contribution in [3.8, 4) is 0 Å². The topological polar surface area (TPSA) is 42.9 Å². The van der Waals surface area contributed by atoms with E-state index in [0.717, 1.165) is 0 Å². The number of nitrogens with zero attached hydrogens (tertiary/aromatic N) is 2. The summed E-state index contributed by atoms with van der Waals surface area (Å²) in [5.74, 6) is -0.121. The number of rotatable bonds is 2. The van der Waals surface area contributed by atoms with Crippen LogP contribution in [0, 0.1) is 0 Å². The second kappa shape index (κ2) is 4.31. The zero-order valence-electron chi connectivity index (χ0n) is 7.72. The van der Waals surface area contributed by atoms with Gasteiger partial charge in [-0.2, -0.15) is 0 Å². The monoisotopic (exact) mass is 262 g/mol. The van der Waals surface area contributed by atoms with Gasteiger partial charge in [0.2, 0.25) is 5.78 Å². The molecule has 0 N–H and O–H groups in total. The molecule has 0 aliphatic rings. The number of ketones is 1. The standard InChI is InChI=1S/C11H7BrN2O/c12-10-5-1-4-9(14-10)11(15)8-3-2-6-13-7-8/h1-7H. The largest absolute Gasteiger partial charge is 0.287 e. The van der Waals surface area contributed by atoms with Crippen molar-refractivity contribution in [3.05, 3.63) is 58.6 Å². The molecule has 0 radical (unpaired) electrons. The molecule has 0 bridgehead atoms. The number of hydrogen-bond donors (Lipinski definition) is 0. The first-order valence-corrected chi connectivity index (χ1v) is 5.14. The summed E-state index contributed by atoms with van der Waals surface area (Å²) >= 11 is 3.22. The van der Waals surface area contributed by atoms with E-state index < -0.39 is 0 Å². The van der Waals surface area contributed by atoms with Crippen molar-refractivity contribution < 1.29 is 4.79 Å². The Bertz CT molecular complexity index is 485. The normalized spacial score (nSPS) is 9.93. The van der Waals surface area contributed by atoms with Gasteiger partial charge in [0.05, 0.1) is 0 Å². The molecule has 0 aliphatic carbocycles. The first kappa shape index (κ1) is 9.98. The van der Waals surface area contributed by atoms with Crippen molar-refractivity contribution in [2.75, 3.05) is 0 Å². The molecule has 0 amide bonds. The van der Waals surface area contributed by atoms with E-state index in [2.05, 4.69) is 25.9 Å². The first-order valence-electron chi connectivity index (χ1n) is 4.34. The average Bonchev–Trinajstić information content (AvgIpc) is 2.29. The summed E-state index contributed by atoms with van der Waals surface area (Å²) in [6.07, 6.45) is 3.16. The van der Waals surface area contributed by atoms with Crippen LogP contribution in [-0.4, -0.2) is 15.8 Å². The Balaban J connectivity index is 2.37. The Morgan fingerprint density at radius 3 is 2.73 bits per heavy atom. The van der Waals surface area contributed by atoms with Crippen LogP contribution in [0.5, 0.6) is 0 Å². The molecule has 0 saturated heterocycles. The van der Waals surface area contributed by atoms with E-state index in [-0.39, 0.29) is 5.78 Å². The highest BCUT2D eigenvalue weighted by Gasteiger charge is 2.09. The van der Waals surface area contributed by atoms with Gasteiger partial charge in [0, 0.05) is 18.0 Å². The molecule has 0 unspecified atom stereocenters. The lowest BCUT2D eigenvalue weighted by Gasteiger charge is -1.99. The molecular weight excluding hydrogens is 256 g/mol. The molecule has 4 heteroatoms. The molecular formula is C11H7BrN2O. The number of hydrogen-bond acceptors (Lipinski definition) is 3. The molecule has 0 spiro atoms. The van der Waals surface area contributed by atoms with Gasteiger partial charge in [0.25, 0.3) is 0 Å². The fraction of sp³-hybridized carbons (Fsp3) is 0. The van der Waals surface area contributed by atoms with Crippen LogP contribution in [0.15, 0.2) is 47.3 Å². The van der Waals surface area contributed by atoms with Crippen LogP contribution in [0.3, 0.4) is 0 Å². The van der Waals surface area contributed by atoms with E-state index in [4.69, 9.17) is 0 Å². The van der Waals surface area contributed by atoms with Gasteiger partial charge in [-0.25, -0.2) is 4.98 Å². The smallest absolute Gasteiger partial charge is 0.212 e. The molecule has 3 nitrogen and oxygen atoms in total. The number of carbonyl (C=O) groups is 1. The molecule has 2 aromatic rings. The van der Waals surface area contributed by atoms with Gasteiger partial charge in [-0.05, 0) is 40.2 Å². The Hall–Kier alpha value is -1.55. The number of aromatic nitrogens is 2. The third kappa shape index (κ3) is 2.27. The predicted molar refractivity (Wildman–Crippen MR) is 59.6 cm³/mol. The van der Waals surface area contributed by atoms with Crippen LogP contribution in [0.4, 0.5) is 0 Å². The molecule has 2 heterocycles. The fourth-order valence-corrected chi connectivity index (χ4v) is 1.52. The second-order valence-electron chi connectivity index (χ2n) is 2.92. The van der Waals surface area contributed by atoms with Crippen LogP contribution in [-0.2, 0) is 0 Å². The molecule has 0 fully saturated rings. The van der Waals surface area contributed by atoms with Gasteiger partial charge in [0.1, 0.15) is 10.3 Å². The van der Waals surface area contributed by atoms with Crippen molar-refractivity contribution in [2.24, 2.45) is 0 Å². The molecule has 74 valence electrons. The van der Waals surface area contributed by atoms with Gasteiger partial charge in [-0.3, -0.25) is 9.78 Å². The fourth-order valence-electron chi connectivity index (χ4n) is 1.18. The SMILES string of the molecule is O=C(c1cccnc1)c1cccc(Br)n1. The maximum Gasteiger partial charge on any atom is 0.212 e. The van der Waals surface area contributed by atoms with Crippen LogP contribution in [0.25, 0.3) is 0 Å². The van der Waals surface area contributed by atoms with Crippen LogP contribution in [0.2, 0.25) is 0 Å². The number of halogens is 1. The van der Waals surface area contributed by atoms with E-state index in [1.807, 2.05) is 0 Å². The van der Waals surface area contributed by atoms with Gasteiger partial charge in [-0.1, -0.05) is 6.07 Å². The highest BCUT2D eigenvalue weighted by Crippen LogP contribution is 2.10. The Labute approximate surface area is 95.3 Å². The Morgan fingerprint density at radius 1 is 1.20 bits per heavy atom. The minimum atomic E-state index is -0.121. The quantitative estimate of drug-likeness (QED) is 0.617. The third-order valence-electron chi connectivity index (χ3n) is 1.87. The summed E-state index contributed by atoms with van der Waals surface area (Å²) in [5, 5.41) is 0. The van der Waals surface area contributed by atoms with Crippen LogP contribution >= 0.6 is 15.9 Å². The van der Waals surface area contributed by atoms with E-state index in [0.29, 0.717) is 15.9 Å². The minimum absolute atomic E-state index is 0.121. The number of pyridine rings is 2. The molecule has 2 aromatic heterocycles. The molecule has 0 atom stereocenters. The van der Waals surface area contributed by atoms with Crippen LogP contribution in [0.1, 0.15) is 16.1 Å². The average molecular weight is 263 g/mol. The van der Waals surface area contributed by atoms with E-state index in [1.165, 1.54) is 6.20 Å². The highest BCUT2D eigenvalue weighted by molar-refractivity contribution is 9.10. The first-order chi connectivity index (χ1) is 7.27. The van der Waals surface area contributed by atoms with E-state index in [9.17, 15) is 4.79 Å². The zero-order valence-corrected chi connectivity index (χ0v) is 9.31. The summed E-state index contributed by atoms with van der Waals surface area (Å²) in [4.78, 5) is 19.9. The summed E-state index contributed by atoms with van der Waals surface area (Å²) in [6, 6.07) is 8.68. The maximum absolute atomic E-state index is 11.9. The second-order valence-corrected chi connectivity index (χ2v) is 3.73. The van der Waals surface area contributed by atoms with Crippen molar-refractivity contribution in [3.63, 3.8) is 0 Å². The maximum atomic E-state index is 11.9. The van der Waals surface area contributed by atoms with Crippen molar-refractivity contribution in [1.82, 2.24) is 9.97 Å². The Morgan fingerprint density at radius 2 is 2.07 bits per heavy atom. The van der Waals surface area contributed by atoms with Crippen molar-refractivity contribution in [2.45, 2.75) is 0 Å². The van der Waals surface area contributed by atoms with Gasteiger partial charge in [-0.15, -0.1) is 0 Å². The zero-order chi connectivity index (χ0) is 10.7. The lowest BCUT2D eigenvalue weighted by atomic mass is 10.1. The number of carbonyl (C=O) groups excluding carboxylic acids is 1. The molecule has 0 aliphatic heterocycles. The summed E-state index contributed by atoms with van der Waals surface area (Å²) in [5.41, 5.74) is 0.959. The summed E-state index contributed by atoms with van der Waals surface area (Å²) < 4.78 is 0.650. The lowest BCUT2D eigenvalue weighted by molar-refractivity contribution is 0.103. The van der Waals surface area contributed by atoms with E-state index in [1.54, 1.807) is 36.5 Å². The van der Waals surface area contributed by atoms with E-state index >= 15 is 0 Å². The van der Waals surface area contributed by atoms with Gasteiger partial charge in [0.15, 0.2) is 0 Å². The van der Waals surface area contributed by atoms with Crippen molar-refractivity contribution in [1.29, 1.82) is 0 Å². The van der Waals surface area contributed by atoms with Crippen LogP contribution < -0.4 is 0 Å². The third-order valence-corrected chi connectivity index (χ3v) is 2.31. The summed E-state index contributed by atoms with van der Waals surface area (Å²) in [6.45, 7) is 0. The summed E-state index contributed by atoms with van der Waals surface area (Å²) in [7, 11) is 0. The van der Waals surface area contributed by atoms with Gasteiger partial charge >= 0.3 is 0 Å². The molecule has 0 saturated carbocycles. The lowest BCUT2D eigenvalue weighted by Crippen LogP contribution is -2.04. The Kier molecular flexibility index (Phi) is 2.87. The minimum Gasteiger partial charge on any atom is -0.287 e. The van der Waals surface area contributed by atoms with Crippen molar-refractivity contribution >= 4 is 21.7 Å².